The third-order valence-electron chi connectivity index (χ3n) is 2.61. The highest BCUT2D eigenvalue weighted by molar-refractivity contribution is 7.90. The average Bonchev–Trinajstić information content (AvgIpc) is 2.22. The molecule has 0 spiro atoms. The molecule has 1 N–H and O–H groups in total. The number of sulfone groups is 1. The van der Waals surface area contributed by atoms with Gasteiger partial charge in [0.1, 0.15) is 9.84 Å². The Balaban J connectivity index is 3.74. The third-order valence-corrected chi connectivity index (χ3v) is 3.64. The zero-order valence-electron chi connectivity index (χ0n) is 11.4. The van der Waals surface area contributed by atoms with Gasteiger partial charge in [0, 0.05) is 31.3 Å². The quantitative estimate of drug-likeness (QED) is 0.577. The predicted molar refractivity (Wildman–Crippen MR) is 72.1 cm³/mol. The molecular weight excluding hydrogens is 238 g/mol. The third kappa shape index (κ3) is 12.1. The standard InChI is InChI=1S/C12H27NO3S/c1-4-13-12(8-6-10-16-5-2)9-7-11-17(3,14)15/h12-13H,4-11H2,1-3H3. The Hall–Kier alpha value is -0.130. The molecule has 0 heterocycles. The first-order chi connectivity index (χ1) is 7.99. The molecule has 0 amide bonds. The summed E-state index contributed by atoms with van der Waals surface area (Å²) < 4.78 is 27.4. The lowest BCUT2D eigenvalue weighted by Gasteiger charge is -2.17. The molecule has 1 atom stereocenters. The van der Waals surface area contributed by atoms with E-state index in [1.165, 1.54) is 6.26 Å². The van der Waals surface area contributed by atoms with Crippen LogP contribution in [0.1, 0.15) is 39.5 Å². The van der Waals surface area contributed by atoms with Crippen molar-refractivity contribution >= 4 is 9.84 Å². The van der Waals surface area contributed by atoms with Crippen LogP contribution in [0.3, 0.4) is 0 Å². The molecule has 0 rings (SSSR count). The van der Waals surface area contributed by atoms with Gasteiger partial charge in [0.05, 0.1) is 0 Å². The molecule has 0 saturated heterocycles. The van der Waals surface area contributed by atoms with Gasteiger partial charge in [0.15, 0.2) is 0 Å². The molecule has 0 aromatic carbocycles. The second-order valence-corrected chi connectivity index (χ2v) is 6.63. The van der Waals surface area contributed by atoms with Gasteiger partial charge in [-0.15, -0.1) is 0 Å². The van der Waals surface area contributed by atoms with Gasteiger partial charge >= 0.3 is 0 Å². The van der Waals surface area contributed by atoms with Gasteiger partial charge in [-0.2, -0.15) is 0 Å². The summed E-state index contributed by atoms with van der Waals surface area (Å²) in [6.07, 6.45) is 5.05. The van der Waals surface area contributed by atoms with Crippen molar-refractivity contribution in [2.45, 2.75) is 45.6 Å². The van der Waals surface area contributed by atoms with Gasteiger partial charge in [0.2, 0.25) is 0 Å². The van der Waals surface area contributed by atoms with Gasteiger partial charge in [-0.05, 0) is 39.2 Å². The van der Waals surface area contributed by atoms with E-state index in [0.717, 1.165) is 45.4 Å². The van der Waals surface area contributed by atoms with Crippen LogP contribution in [0, 0.1) is 0 Å². The van der Waals surface area contributed by atoms with Crippen LogP contribution in [-0.4, -0.2) is 46.2 Å². The molecule has 0 aliphatic heterocycles. The van der Waals surface area contributed by atoms with Gasteiger partial charge < -0.3 is 10.1 Å². The van der Waals surface area contributed by atoms with Crippen LogP contribution in [0.25, 0.3) is 0 Å². The van der Waals surface area contributed by atoms with Crippen LogP contribution in [0.2, 0.25) is 0 Å². The number of hydrogen-bond donors (Lipinski definition) is 1. The summed E-state index contributed by atoms with van der Waals surface area (Å²) in [5.74, 6) is 0.292. The van der Waals surface area contributed by atoms with Crippen molar-refractivity contribution in [2.75, 3.05) is 31.8 Å². The summed E-state index contributed by atoms with van der Waals surface area (Å²) >= 11 is 0. The fourth-order valence-corrected chi connectivity index (χ4v) is 2.50. The fraction of sp³-hybridized carbons (Fsp3) is 1.00. The minimum absolute atomic E-state index is 0.292. The van der Waals surface area contributed by atoms with E-state index < -0.39 is 9.84 Å². The molecule has 1 unspecified atom stereocenters. The molecule has 0 aromatic heterocycles. The average molecular weight is 265 g/mol. The highest BCUT2D eigenvalue weighted by atomic mass is 32.2. The van der Waals surface area contributed by atoms with Gasteiger partial charge in [-0.1, -0.05) is 6.92 Å². The zero-order chi connectivity index (χ0) is 13.1. The summed E-state index contributed by atoms with van der Waals surface area (Å²) in [5.41, 5.74) is 0. The van der Waals surface area contributed by atoms with Crippen molar-refractivity contribution in [3.8, 4) is 0 Å². The summed E-state index contributed by atoms with van der Waals surface area (Å²) in [6, 6.07) is 0.419. The van der Waals surface area contributed by atoms with Crippen molar-refractivity contribution < 1.29 is 13.2 Å². The van der Waals surface area contributed by atoms with E-state index in [9.17, 15) is 8.42 Å². The van der Waals surface area contributed by atoms with Crippen molar-refractivity contribution in [3.05, 3.63) is 0 Å². The number of hydrogen-bond acceptors (Lipinski definition) is 4. The second kappa shape index (κ2) is 9.85. The highest BCUT2D eigenvalue weighted by Gasteiger charge is 2.09. The van der Waals surface area contributed by atoms with E-state index >= 15 is 0 Å². The van der Waals surface area contributed by atoms with Crippen molar-refractivity contribution in [1.29, 1.82) is 0 Å². The van der Waals surface area contributed by atoms with Crippen LogP contribution in [-0.2, 0) is 14.6 Å². The van der Waals surface area contributed by atoms with E-state index in [1.54, 1.807) is 0 Å². The number of ether oxygens (including phenoxy) is 1. The van der Waals surface area contributed by atoms with Gasteiger partial charge in [-0.3, -0.25) is 0 Å². The Bertz CT molecular complexity index is 265. The molecule has 0 bridgehead atoms. The molecule has 5 heteroatoms. The van der Waals surface area contributed by atoms with Crippen LogP contribution in [0.4, 0.5) is 0 Å². The Morgan fingerprint density at radius 2 is 1.82 bits per heavy atom. The van der Waals surface area contributed by atoms with Crippen molar-refractivity contribution in [3.63, 3.8) is 0 Å². The first-order valence-electron chi connectivity index (χ1n) is 6.48. The van der Waals surface area contributed by atoms with Crippen LogP contribution < -0.4 is 5.32 Å². The molecule has 0 saturated carbocycles. The molecule has 17 heavy (non-hydrogen) atoms. The molecule has 0 aliphatic rings. The SMILES string of the molecule is CCNC(CCCOCC)CCCS(C)(=O)=O. The van der Waals surface area contributed by atoms with Crippen LogP contribution in [0.5, 0.6) is 0 Å². The first-order valence-corrected chi connectivity index (χ1v) is 8.54. The largest absolute Gasteiger partial charge is 0.382 e. The van der Waals surface area contributed by atoms with Crippen molar-refractivity contribution in [1.82, 2.24) is 5.32 Å². The minimum atomic E-state index is -2.82. The second-order valence-electron chi connectivity index (χ2n) is 4.37. The zero-order valence-corrected chi connectivity index (χ0v) is 12.2. The Morgan fingerprint density at radius 1 is 1.18 bits per heavy atom. The normalized spacial score (nSPS) is 13.8. The highest BCUT2D eigenvalue weighted by Crippen LogP contribution is 2.06. The Kier molecular flexibility index (Phi) is 9.78. The Labute approximate surface area is 106 Å². The minimum Gasteiger partial charge on any atom is -0.382 e. The lowest BCUT2D eigenvalue weighted by Crippen LogP contribution is -2.29. The summed E-state index contributed by atoms with van der Waals surface area (Å²) in [6.45, 7) is 6.56. The first kappa shape index (κ1) is 16.9. The molecule has 0 aromatic rings. The van der Waals surface area contributed by atoms with Crippen LogP contribution in [0.15, 0.2) is 0 Å². The lowest BCUT2D eigenvalue weighted by molar-refractivity contribution is 0.140. The van der Waals surface area contributed by atoms with Crippen LogP contribution >= 0.6 is 0 Å². The van der Waals surface area contributed by atoms with E-state index in [4.69, 9.17) is 4.74 Å². The summed E-state index contributed by atoms with van der Waals surface area (Å²) in [7, 11) is -2.82. The summed E-state index contributed by atoms with van der Waals surface area (Å²) in [5, 5.41) is 3.40. The lowest BCUT2D eigenvalue weighted by atomic mass is 10.1. The Morgan fingerprint density at radius 3 is 2.35 bits per heavy atom. The van der Waals surface area contributed by atoms with E-state index in [0.29, 0.717) is 11.8 Å². The maximum Gasteiger partial charge on any atom is 0.147 e. The molecule has 104 valence electrons. The monoisotopic (exact) mass is 265 g/mol. The summed E-state index contributed by atoms with van der Waals surface area (Å²) in [4.78, 5) is 0. The topological polar surface area (TPSA) is 55.4 Å². The molecule has 0 radical (unpaired) electrons. The smallest absolute Gasteiger partial charge is 0.147 e. The van der Waals surface area contributed by atoms with Gasteiger partial charge in [-0.25, -0.2) is 8.42 Å². The molecule has 4 nitrogen and oxygen atoms in total. The molecule has 0 fully saturated rings. The number of nitrogens with one attached hydrogen (secondary N) is 1. The maximum atomic E-state index is 11.0. The number of rotatable bonds is 11. The fourth-order valence-electron chi connectivity index (χ4n) is 1.81. The van der Waals surface area contributed by atoms with E-state index in [2.05, 4.69) is 12.2 Å². The van der Waals surface area contributed by atoms with Gasteiger partial charge in [0.25, 0.3) is 0 Å². The maximum absolute atomic E-state index is 11.0. The predicted octanol–water partition coefficient (Wildman–Crippen LogP) is 1.61. The molecular formula is C12H27NO3S. The van der Waals surface area contributed by atoms with E-state index in [1.807, 2.05) is 6.92 Å². The molecule has 0 aliphatic carbocycles. The van der Waals surface area contributed by atoms with Crippen molar-refractivity contribution in [2.24, 2.45) is 0 Å². The van der Waals surface area contributed by atoms with E-state index in [-0.39, 0.29) is 0 Å².